The standard InChI is InChI=1S/C25H25BrN2O7S/c1-32-18-10-8-16(9-11-18)13-35-22(30)21-17(12-26)15-36-24-25(33-2,23(31)28(21)24)27-20(29)14-34-19-6-4-3-5-7-19/h3-11,24H,12-15H2,1-2H3,(H,27,29)/t24-,25?/m0/s1. The van der Waals surface area contributed by atoms with E-state index >= 15 is 0 Å². The smallest absolute Gasteiger partial charge is 0.355 e. The zero-order chi connectivity index (χ0) is 25.7. The van der Waals surface area contributed by atoms with Crippen molar-refractivity contribution in [2.24, 2.45) is 0 Å². The number of alkyl halides is 1. The Morgan fingerprint density at radius 1 is 1.11 bits per heavy atom. The van der Waals surface area contributed by atoms with Gasteiger partial charge in [0, 0.05) is 18.2 Å². The van der Waals surface area contributed by atoms with E-state index in [2.05, 4.69) is 21.2 Å². The number of rotatable bonds is 10. The van der Waals surface area contributed by atoms with E-state index < -0.39 is 28.9 Å². The lowest BCUT2D eigenvalue weighted by atomic mass is 9.98. The Labute approximate surface area is 221 Å². The van der Waals surface area contributed by atoms with Gasteiger partial charge in [-0.3, -0.25) is 14.5 Å². The van der Waals surface area contributed by atoms with Gasteiger partial charge in [-0.1, -0.05) is 46.3 Å². The molecule has 0 saturated carbocycles. The number of benzene rings is 2. The zero-order valence-corrected chi connectivity index (χ0v) is 22.1. The summed E-state index contributed by atoms with van der Waals surface area (Å²) in [7, 11) is 2.92. The molecule has 0 spiro atoms. The molecular formula is C25H25BrN2O7S. The summed E-state index contributed by atoms with van der Waals surface area (Å²) < 4.78 is 21.7. The summed E-state index contributed by atoms with van der Waals surface area (Å²) in [6, 6.07) is 16.0. The van der Waals surface area contributed by atoms with Crippen LogP contribution >= 0.6 is 27.7 Å². The summed E-state index contributed by atoms with van der Waals surface area (Å²) in [5, 5.41) is 2.42. The fraction of sp³-hybridized carbons (Fsp3) is 0.320. The van der Waals surface area contributed by atoms with Crippen molar-refractivity contribution in [3.8, 4) is 11.5 Å². The predicted molar refractivity (Wildman–Crippen MR) is 137 cm³/mol. The van der Waals surface area contributed by atoms with Crippen LogP contribution in [0.15, 0.2) is 65.9 Å². The van der Waals surface area contributed by atoms with Crippen molar-refractivity contribution in [3.63, 3.8) is 0 Å². The van der Waals surface area contributed by atoms with Crippen molar-refractivity contribution in [2.45, 2.75) is 17.7 Å². The predicted octanol–water partition coefficient (Wildman–Crippen LogP) is 2.84. The highest BCUT2D eigenvalue weighted by Gasteiger charge is 2.66. The number of nitrogens with zero attached hydrogens (tertiary/aromatic N) is 1. The quantitative estimate of drug-likeness (QED) is 0.199. The van der Waals surface area contributed by atoms with Crippen molar-refractivity contribution >= 4 is 45.5 Å². The van der Waals surface area contributed by atoms with Gasteiger partial charge in [0.25, 0.3) is 17.5 Å². The minimum absolute atomic E-state index is 0.0325. The Morgan fingerprint density at radius 2 is 1.83 bits per heavy atom. The highest BCUT2D eigenvalue weighted by molar-refractivity contribution is 9.09. The average Bonchev–Trinajstić information content (AvgIpc) is 2.93. The van der Waals surface area contributed by atoms with Gasteiger partial charge in [-0.25, -0.2) is 4.79 Å². The highest BCUT2D eigenvalue weighted by atomic mass is 79.9. The van der Waals surface area contributed by atoms with Crippen LogP contribution in [0.3, 0.4) is 0 Å². The number of esters is 1. The maximum atomic E-state index is 13.3. The van der Waals surface area contributed by atoms with E-state index in [9.17, 15) is 14.4 Å². The number of hydrogen-bond donors (Lipinski definition) is 1. The Bertz CT molecular complexity index is 1160. The SMILES string of the molecule is COc1ccc(COC(=O)C2=C(CBr)CS[C@@H]3N2C(=O)C3(NC(=O)COc2ccccc2)OC)cc1. The van der Waals surface area contributed by atoms with Gasteiger partial charge >= 0.3 is 5.97 Å². The van der Waals surface area contributed by atoms with Crippen molar-refractivity contribution in [3.05, 3.63) is 71.4 Å². The molecule has 2 amide bonds. The average molecular weight is 577 g/mol. The van der Waals surface area contributed by atoms with Crippen molar-refractivity contribution in [2.75, 3.05) is 31.9 Å². The van der Waals surface area contributed by atoms with E-state index in [-0.39, 0.29) is 18.9 Å². The molecule has 2 aliphatic rings. The van der Waals surface area contributed by atoms with Crippen molar-refractivity contribution in [1.82, 2.24) is 10.2 Å². The molecule has 0 aromatic heterocycles. The van der Waals surface area contributed by atoms with Crippen LogP contribution in [-0.4, -0.2) is 65.7 Å². The number of nitrogens with one attached hydrogen (secondary N) is 1. The zero-order valence-electron chi connectivity index (χ0n) is 19.7. The third kappa shape index (κ3) is 5.09. The van der Waals surface area contributed by atoms with Gasteiger partial charge in [0.15, 0.2) is 6.61 Å². The van der Waals surface area contributed by atoms with Gasteiger partial charge in [-0.15, -0.1) is 11.8 Å². The summed E-state index contributed by atoms with van der Waals surface area (Å²) in [6.07, 6.45) is 0. The Morgan fingerprint density at radius 3 is 2.47 bits per heavy atom. The molecule has 11 heteroatoms. The lowest BCUT2D eigenvalue weighted by Crippen LogP contribution is -2.81. The molecule has 0 radical (unpaired) electrons. The first-order chi connectivity index (χ1) is 17.4. The summed E-state index contributed by atoms with van der Waals surface area (Å²) in [5.41, 5.74) is 0.0457. The fourth-order valence-corrected chi connectivity index (χ4v) is 6.05. The second kappa shape index (κ2) is 11.4. The number of hydrogen-bond acceptors (Lipinski definition) is 8. The van der Waals surface area contributed by atoms with Crippen LogP contribution in [0.5, 0.6) is 11.5 Å². The molecule has 1 unspecified atom stereocenters. The molecule has 2 aromatic rings. The Balaban J connectivity index is 1.45. The molecule has 2 aliphatic heterocycles. The summed E-state index contributed by atoms with van der Waals surface area (Å²) in [6.45, 7) is -0.260. The third-order valence-electron chi connectivity index (χ3n) is 5.75. The number of amides is 2. The largest absolute Gasteiger partial charge is 0.497 e. The van der Waals surface area contributed by atoms with E-state index in [1.165, 1.54) is 23.8 Å². The number of β-lactam (4-membered cyclic amide) rings is 1. The van der Waals surface area contributed by atoms with Gasteiger partial charge in [0.05, 0.1) is 7.11 Å². The first kappa shape index (κ1) is 26.1. The van der Waals surface area contributed by atoms with Gasteiger partial charge in [0.2, 0.25) is 0 Å². The molecule has 1 saturated heterocycles. The molecule has 1 fully saturated rings. The molecule has 0 bridgehead atoms. The van der Waals surface area contributed by atoms with Gasteiger partial charge in [-0.2, -0.15) is 0 Å². The number of carbonyl (C=O) groups is 3. The number of fused-ring (bicyclic) bond motifs is 1. The number of methoxy groups -OCH3 is 2. The lowest BCUT2D eigenvalue weighted by Gasteiger charge is -2.55. The summed E-state index contributed by atoms with van der Waals surface area (Å²) in [4.78, 5) is 40.4. The first-order valence-electron chi connectivity index (χ1n) is 11.0. The van der Waals surface area contributed by atoms with Crippen LogP contribution in [0, 0.1) is 0 Å². The Hall–Kier alpha value is -3.02. The van der Waals surface area contributed by atoms with Gasteiger partial charge < -0.3 is 24.3 Å². The van der Waals surface area contributed by atoms with Crippen LogP contribution in [0.1, 0.15) is 5.56 Å². The third-order valence-corrected chi connectivity index (χ3v) is 7.80. The minimum atomic E-state index is -1.61. The van der Waals surface area contributed by atoms with Crippen LogP contribution in [0.4, 0.5) is 0 Å². The number of para-hydroxylation sites is 1. The molecule has 0 aliphatic carbocycles. The molecule has 9 nitrogen and oxygen atoms in total. The second-order valence-electron chi connectivity index (χ2n) is 7.94. The van der Waals surface area contributed by atoms with Crippen LogP contribution in [-0.2, 0) is 30.5 Å². The molecule has 4 rings (SSSR count). The first-order valence-corrected chi connectivity index (χ1v) is 13.2. The van der Waals surface area contributed by atoms with E-state index in [1.807, 2.05) is 6.07 Å². The highest BCUT2D eigenvalue weighted by Crippen LogP contribution is 2.47. The monoisotopic (exact) mass is 576 g/mol. The fourth-order valence-electron chi connectivity index (χ4n) is 3.88. The molecule has 190 valence electrons. The molecule has 36 heavy (non-hydrogen) atoms. The van der Waals surface area contributed by atoms with E-state index in [4.69, 9.17) is 18.9 Å². The summed E-state index contributed by atoms with van der Waals surface area (Å²) >= 11 is 4.80. The molecule has 2 atom stereocenters. The van der Waals surface area contributed by atoms with Crippen LogP contribution in [0.25, 0.3) is 0 Å². The molecule has 2 heterocycles. The van der Waals surface area contributed by atoms with Gasteiger partial charge in [0.1, 0.15) is 29.2 Å². The normalized spacial score (nSPS) is 20.8. The summed E-state index contributed by atoms with van der Waals surface area (Å²) in [5.74, 6) is -0.0197. The van der Waals surface area contributed by atoms with E-state index in [0.29, 0.717) is 28.2 Å². The van der Waals surface area contributed by atoms with Crippen LogP contribution in [0.2, 0.25) is 0 Å². The number of carbonyl (C=O) groups excluding carboxylic acids is 3. The topological polar surface area (TPSA) is 103 Å². The minimum Gasteiger partial charge on any atom is -0.497 e. The van der Waals surface area contributed by atoms with Crippen molar-refractivity contribution < 1.29 is 33.3 Å². The lowest BCUT2D eigenvalue weighted by molar-refractivity contribution is -0.193. The molecule has 1 N–H and O–H groups in total. The number of halogens is 1. The second-order valence-corrected chi connectivity index (χ2v) is 9.57. The number of thioether (sulfide) groups is 1. The molecule has 2 aromatic carbocycles. The maximum absolute atomic E-state index is 13.3. The Kier molecular flexibility index (Phi) is 8.22. The van der Waals surface area contributed by atoms with E-state index in [0.717, 1.165) is 5.56 Å². The number of ether oxygens (including phenoxy) is 4. The van der Waals surface area contributed by atoms with Crippen molar-refractivity contribution in [1.29, 1.82) is 0 Å². The molecular weight excluding hydrogens is 552 g/mol. The van der Waals surface area contributed by atoms with Crippen LogP contribution < -0.4 is 14.8 Å². The van der Waals surface area contributed by atoms with E-state index in [1.54, 1.807) is 55.6 Å². The maximum Gasteiger partial charge on any atom is 0.355 e. The van der Waals surface area contributed by atoms with Gasteiger partial charge in [-0.05, 0) is 35.4 Å².